The Kier molecular flexibility index (Phi) is 3.90. The molecule has 4 heteroatoms. The van der Waals surface area contributed by atoms with Gasteiger partial charge in [-0.15, -0.1) is 0 Å². The van der Waals surface area contributed by atoms with E-state index in [-0.39, 0.29) is 5.25 Å². The zero-order valence-corrected chi connectivity index (χ0v) is 10.5. The SMILES string of the molecule is O=S1(=O)CC1CCCOC=C1CCCCC1. The van der Waals surface area contributed by atoms with Crippen molar-refractivity contribution >= 4 is 9.84 Å². The van der Waals surface area contributed by atoms with Crippen LogP contribution in [0.2, 0.25) is 0 Å². The fourth-order valence-electron chi connectivity index (χ4n) is 2.18. The van der Waals surface area contributed by atoms with Crippen LogP contribution in [0.15, 0.2) is 11.8 Å². The Morgan fingerprint density at radius 1 is 1.25 bits per heavy atom. The summed E-state index contributed by atoms with van der Waals surface area (Å²) in [4.78, 5) is 0. The average Bonchev–Trinajstić information content (AvgIpc) is 2.87. The molecule has 1 aliphatic carbocycles. The van der Waals surface area contributed by atoms with Gasteiger partial charge in [0, 0.05) is 0 Å². The molecule has 0 aromatic rings. The third kappa shape index (κ3) is 3.51. The summed E-state index contributed by atoms with van der Waals surface area (Å²) in [5, 5.41) is -0.0570. The zero-order chi connectivity index (χ0) is 11.4. The molecule has 1 saturated heterocycles. The van der Waals surface area contributed by atoms with Crippen LogP contribution >= 0.6 is 0 Å². The lowest BCUT2D eigenvalue weighted by Gasteiger charge is -2.13. The van der Waals surface area contributed by atoms with Crippen LogP contribution < -0.4 is 0 Å². The number of hydrogen-bond donors (Lipinski definition) is 0. The Balaban J connectivity index is 1.55. The molecule has 2 rings (SSSR count). The summed E-state index contributed by atoms with van der Waals surface area (Å²) in [6.07, 6.45) is 9.80. The van der Waals surface area contributed by atoms with Gasteiger partial charge in [-0.2, -0.15) is 0 Å². The first-order valence-electron chi connectivity index (χ1n) is 6.19. The maximum Gasteiger partial charge on any atom is 0.155 e. The maximum absolute atomic E-state index is 10.9. The molecule has 0 radical (unpaired) electrons. The summed E-state index contributed by atoms with van der Waals surface area (Å²) in [6, 6.07) is 0. The number of hydrogen-bond acceptors (Lipinski definition) is 3. The maximum atomic E-state index is 10.9. The minimum absolute atomic E-state index is 0.0570. The smallest absolute Gasteiger partial charge is 0.155 e. The quantitative estimate of drug-likeness (QED) is 0.424. The molecule has 1 saturated carbocycles. The van der Waals surface area contributed by atoms with E-state index < -0.39 is 9.84 Å². The van der Waals surface area contributed by atoms with Crippen LogP contribution in [0.5, 0.6) is 0 Å². The van der Waals surface area contributed by atoms with Gasteiger partial charge in [-0.05, 0) is 44.1 Å². The second-order valence-corrected chi connectivity index (χ2v) is 7.13. The molecule has 0 N–H and O–H groups in total. The molecule has 1 aliphatic heterocycles. The third-order valence-electron chi connectivity index (χ3n) is 3.34. The van der Waals surface area contributed by atoms with Crippen LogP contribution in [-0.4, -0.2) is 26.0 Å². The molecule has 3 nitrogen and oxygen atoms in total. The van der Waals surface area contributed by atoms with Gasteiger partial charge in [0.1, 0.15) is 0 Å². The fraction of sp³-hybridized carbons (Fsp3) is 0.833. The van der Waals surface area contributed by atoms with E-state index in [0.717, 1.165) is 12.8 Å². The van der Waals surface area contributed by atoms with Crippen molar-refractivity contribution in [1.82, 2.24) is 0 Å². The Morgan fingerprint density at radius 3 is 2.56 bits per heavy atom. The second kappa shape index (κ2) is 5.21. The Hall–Kier alpha value is -0.510. The van der Waals surface area contributed by atoms with Crippen molar-refractivity contribution in [2.24, 2.45) is 0 Å². The summed E-state index contributed by atoms with van der Waals surface area (Å²) < 4.78 is 27.3. The molecule has 0 amide bonds. The van der Waals surface area contributed by atoms with Gasteiger partial charge in [-0.1, -0.05) is 6.42 Å². The Bertz CT molecular complexity index is 348. The predicted octanol–water partition coefficient (Wildman–Crippen LogP) is 2.43. The van der Waals surface area contributed by atoms with E-state index in [0.29, 0.717) is 12.4 Å². The number of sulfone groups is 1. The lowest BCUT2D eigenvalue weighted by molar-refractivity contribution is 0.237. The predicted molar refractivity (Wildman–Crippen MR) is 63.9 cm³/mol. The van der Waals surface area contributed by atoms with E-state index in [1.807, 2.05) is 6.26 Å². The van der Waals surface area contributed by atoms with Crippen LogP contribution in [0, 0.1) is 0 Å². The first-order chi connectivity index (χ1) is 7.68. The molecule has 16 heavy (non-hydrogen) atoms. The molecule has 2 aliphatic rings. The minimum Gasteiger partial charge on any atom is -0.501 e. The average molecular weight is 244 g/mol. The van der Waals surface area contributed by atoms with Gasteiger partial charge < -0.3 is 4.74 Å². The van der Waals surface area contributed by atoms with Crippen LogP contribution in [0.25, 0.3) is 0 Å². The third-order valence-corrected chi connectivity index (χ3v) is 5.20. The molecule has 0 bridgehead atoms. The van der Waals surface area contributed by atoms with Crippen LogP contribution in [0.1, 0.15) is 44.9 Å². The molecule has 0 spiro atoms. The summed E-state index contributed by atoms with van der Waals surface area (Å²) >= 11 is 0. The van der Waals surface area contributed by atoms with Crippen molar-refractivity contribution in [2.45, 2.75) is 50.2 Å². The first-order valence-corrected chi connectivity index (χ1v) is 7.91. The van der Waals surface area contributed by atoms with E-state index in [1.54, 1.807) is 0 Å². The van der Waals surface area contributed by atoms with Crippen molar-refractivity contribution in [3.8, 4) is 0 Å². The van der Waals surface area contributed by atoms with Crippen molar-refractivity contribution in [1.29, 1.82) is 0 Å². The highest BCUT2D eigenvalue weighted by atomic mass is 32.2. The normalized spacial score (nSPS) is 27.5. The van der Waals surface area contributed by atoms with Gasteiger partial charge in [0.25, 0.3) is 0 Å². The largest absolute Gasteiger partial charge is 0.501 e. The van der Waals surface area contributed by atoms with E-state index in [1.165, 1.54) is 37.7 Å². The van der Waals surface area contributed by atoms with Crippen molar-refractivity contribution < 1.29 is 13.2 Å². The van der Waals surface area contributed by atoms with E-state index in [9.17, 15) is 8.42 Å². The topological polar surface area (TPSA) is 43.4 Å². The van der Waals surface area contributed by atoms with E-state index in [2.05, 4.69) is 0 Å². The van der Waals surface area contributed by atoms with Gasteiger partial charge in [-0.3, -0.25) is 0 Å². The van der Waals surface area contributed by atoms with Crippen molar-refractivity contribution in [2.75, 3.05) is 12.4 Å². The highest BCUT2D eigenvalue weighted by molar-refractivity contribution is 7.99. The minimum atomic E-state index is -2.64. The fourth-order valence-corrected chi connectivity index (χ4v) is 3.64. The van der Waals surface area contributed by atoms with Gasteiger partial charge in [0.15, 0.2) is 9.84 Å². The van der Waals surface area contributed by atoms with Gasteiger partial charge >= 0.3 is 0 Å². The summed E-state index contributed by atoms with van der Waals surface area (Å²) in [6.45, 7) is 0.662. The Morgan fingerprint density at radius 2 is 1.94 bits per heavy atom. The highest BCUT2D eigenvalue weighted by Crippen LogP contribution is 2.26. The molecular weight excluding hydrogens is 224 g/mol. The lowest BCUT2D eigenvalue weighted by atomic mass is 9.96. The molecule has 2 fully saturated rings. The standard InChI is InChI=1S/C12H20O3S/c13-16(14)10-12(16)7-4-8-15-9-11-5-2-1-3-6-11/h9,12H,1-8,10H2. The van der Waals surface area contributed by atoms with Gasteiger partial charge in [0.05, 0.1) is 23.9 Å². The first kappa shape index (κ1) is 12.0. The van der Waals surface area contributed by atoms with Crippen LogP contribution in [-0.2, 0) is 14.6 Å². The number of ether oxygens (including phenoxy) is 1. The van der Waals surface area contributed by atoms with Crippen molar-refractivity contribution in [3.05, 3.63) is 11.8 Å². The van der Waals surface area contributed by atoms with E-state index >= 15 is 0 Å². The van der Waals surface area contributed by atoms with Gasteiger partial charge in [-0.25, -0.2) is 8.42 Å². The van der Waals surface area contributed by atoms with E-state index in [4.69, 9.17) is 4.74 Å². The molecule has 92 valence electrons. The molecular formula is C12H20O3S. The number of rotatable bonds is 5. The molecule has 1 heterocycles. The molecule has 0 aromatic carbocycles. The summed E-state index contributed by atoms with van der Waals surface area (Å²) in [5.74, 6) is 0.397. The summed E-state index contributed by atoms with van der Waals surface area (Å²) in [5.41, 5.74) is 1.42. The summed E-state index contributed by atoms with van der Waals surface area (Å²) in [7, 11) is -2.64. The highest BCUT2D eigenvalue weighted by Gasteiger charge is 2.42. The molecule has 0 aromatic heterocycles. The van der Waals surface area contributed by atoms with Crippen LogP contribution in [0.4, 0.5) is 0 Å². The molecule has 1 unspecified atom stereocenters. The monoisotopic (exact) mass is 244 g/mol. The lowest BCUT2D eigenvalue weighted by Crippen LogP contribution is -1.97. The van der Waals surface area contributed by atoms with Gasteiger partial charge in [0.2, 0.25) is 0 Å². The second-order valence-electron chi connectivity index (χ2n) is 4.80. The zero-order valence-electron chi connectivity index (χ0n) is 9.65. The number of allylic oxidation sites excluding steroid dienone is 1. The Labute approximate surface area is 97.8 Å². The van der Waals surface area contributed by atoms with Crippen molar-refractivity contribution in [3.63, 3.8) is 0 Å². The van der Waals surface area contributed by atoms with Crippen LogP contribution in [0.3, 0.4) is 0 Å². The molecule has 1 atom stereocenters.